The van der Waals surface area contributed by atoms with Crippen LogP contribution in [0.5, 0.6) is 0 Å². The Morgan fingerprint density at radius 1 is 1.19 bits per heavy atom. The summed E-state index contributed by atoms with van der Waals surface area (Å²) in [6, 6.07) is 10.9. The number of carbonyl (C=O) groups excluding carboxylic acids is 1. The molecule has 0 atom stereocenters. The molecule has 1 heterocycles. The highest BCUT2D eigenvalue weighted by atomic mass is 32.2. The van der Waals surface area contributed by atoms with E-state index in [1.54, 1.807) is 30.3 Å². The monoisotopic (exact) mass is 460 g/mol. The molecule has 1 saturated heterocycles. The van der Waals surface area contributed by atoms with Gasteiger partial charge in [0.2, 0.25) is 10.0 Å². The summed E-state index contributed by atoms with van der Waals surface area (Å²) in [5.41, 5.74) is 0.991. The van der Waals surface area contributed by atoms with E-state index in [-0.39, 0.29) is 22.7 Å². The van der Waals surface area contributed by atoms with Crippen LogP contribution in [-0.4, -0.2) is 50.7 Å². The quantitative estimate of drug-likeness (QED) is 0.502. The Morgan fingerprint density at radius 3 is 2.47 bits per heavy atom. The van der Waals surface area contributed by atoms with Gasteiger partial charge in [0, 0.05) is 45.4 Å². The van der Waals surface area contributed by atoms with Crippen molar-refractivity contribution >= 4 is 27.3 Å². The number of nitrogens with one attached hydrogen (secondary N) is 1. The lowest BCUT2D eigenvalue weighted by Gasteiger charge is -2.31. The molecule has 0 aromatic heterocycles. The van der Waals surface area contributed by atoms with E-state index >= 15 is 0 Å². The van der Waals surface area contributed by atoms with Crippen LogP contribution in [0.25, 0.3) is 0 Å². The van der Waals surface area contributed by atoms with Crippen LogP contribution in [0.15, 0.2) is 47.4 Å². The Bertz CT molecular complexity index is 1110. The van der Waals surface area contributed by atoms with Crippen molar-refractivity contribution in [1.82, 2.24) is 9.62 Å². The van der Waals surface area contributed by atoms with Crippen molar-refractivity contribution in [3.63, 3.8) is 0 Å². The molecule has 0 aliphatic carbocycles. The minimum Gasteiger partial charge on any atom is -0.366 e. The smallest absolute Gasteiger partial charge is 0.293 e. The second kappa shape index (κ2) is 9.66. The van der Waals surface area contributed by atoms with Crippen molar-refractivity contribution in [1.29, 1.82) is 0 Å². The fraction of sp³-hybridized carbons (Fsp3) is 0.409. The number of benzene rings is 2. The highest BCUT2D eigenvalue weighted by Crippen LogP contribution is 2.32. The average molecular weight is 461 g/mol. The zero-order chi connectivity index (χ0) is 23.5. The molecule has 172 valence electrons. The standard InChI is InChI=1S/C22H28N4O5S/c1-16-10-12-25(13-11-16)19-9-8-17(14-20(19)26(28)29)22(27)23-15-18-6-4-5-7-21(18)32(30,31)24(2)3/h4-9,14,16H,10-13,15H2,1-3H3,(H,23,27). The SMILES string of the molecule is CC1CCN(c2ccc(C(=O)NCc3ccccc3S(=O)(=O)N(C)C)cc2[N+](=O)[O-])CC1. The van der Waals surface area contributed by atoms with Crippen molar-refractivity contribution < 1.29 is 18.1 Å². The summed E-state index contributed by atoms with van der Waals surface area (Å²) in [5.74, 6) is 0.0820. The third kappa shape index (κ3) is 5.08. The molecule has 9 nitrogen and oxygen atoms in total. The molecule has 32 heavy (non-hydrogen) atoms. The Kier molecular flexibility index (Phi) is 7.15. The van der Waals surface area contributed by atoms with Gasteiger partial charge in [-0.2, -0.15) is 0 Å². The Hall–Kier alpha value is -2.98. The number of carbonyl (C=O) groups is 1. The van der Waals surface area contributed by atoms with Crippen LogP contribution in [0.1, 0.15) is 35.7 Å². The summed E-state index contributed by atoms with van der Waals surface area (Å²) in [4.78, 5) is 26.0. The van der Waals surface area contributed by atoms with Crippen molar-refractivity contribution in [2.24, 2.45) is 5.92 Å². The molecule has 10 heteroatoms. The largest absolute Gasteiger partial charge is 0.366 e. The zero-order valence-electron chi connectivity index (χ0n) is 18.4. The maximum atomic E-state index is 12.7. The van der Waals surface area contributed by atoms with Gasteiger partial charge in [-0.25, -0.2) is 12.7 Å². The topological polar surface area (TPSA) is 113 Å². The highest BCUT2D eigenvalue weighted by molar-refractivity contribution is 7.89. The molecule has 0 spiro atoms. The maximum absolute atomic E-state index is 12.7. The molecule has 1 amide bonds. The first kappa shape index (κ1) is 23.7. The van der Waals surface area contributed by atoms with Crippen LogP contribution in [0.3, 0.4) is 0 Å². The normalized spacial score (nSPS) is 15.1. The highest BCUT2D eigenvalue weighted by Gasteiger charge is 2.25. The molecule has 2 aromatic carbocycles. The number of nitrogens with zero attached hydrogens (tertiary/aromatic N) is 3. The van der Waals surface area contributed by atoms with Gasteiger partial charge in [-0.1, -0.05) is 25.1 Å². The molecular weight excluding hydrogens is 432 g/mol. The summed E-state index contributed by atoms with van der Waals surface area (Å²) in [6.07, 6.45) is 1.93. The van der Waals surface area contributed by atoms with Crippen molar-refractivity contribution in [3.05, 3.63) is 63.7 Å². The van der Waals surface area contributed by atoms with Gasteiger partial charge in [0.1, 0.15) is 5.69 Å². The van der Waals surface area contributed by atoms with Crippen molar-refractivity contribution in [2.75, 3.05) is 32.1 Å². The molecule has 0 radical (unpaired) electrons. The summed E-state index contributed by atoms with van der Waals surface area (Å²) in [7, 11) is -0.795. The second-order valence-corrected chi connectivity index (χ2v) is 10.3. The zero-order valence-corrected chi connectivity index (χ0v) is 19.3. The average Bonchev–Trinajstić information content (AvgIpc) is 2.77. The minimum absolute atomic E-state index is 0.0262. The van der Waals surface area contributed by atoms with Gasteiger partial charge >= 0.3 is 0 Å². The lowest BCUT2D eigenvalue weighted by molar-refractivity contribution is -0.384. The van der Waals surface area contributed by atoms with Crippen molar-refractivity contribution in [3.8, 4) is 0 Å². The predicted octanol–water partition coefficient (Wildman–Crippen LogP) is 3.01. The predicted molar refractivity (Wildman–Crippen MR) is 122 cm³/mol. The summed E-state index contributed by atoms with van der Waals surface area (Å²) >= 11 is 0. The number of hydrogen-bond donors (Lipinski definition) is 1. The molecule has 0 saturated carbocycles. The van der Waals surface area contributed by atoms with Crippen LogP contribution in [0, 0.1) is 16.0 Å². The van der Waals surface area contributed by atoms with Crippen LogP contribution < -0.4 is 10.2 Å². The summed E-state index contributed by atoms with van der Waals surface area (Å²) in [5, 5.41) is 14.4. The van der Waals surface area contributed by atoms with Gasteiger partial charge < -0.3 is 10.2 Å². The van der Waals surface area contributed by atoms with E-state index in [9.17, 15) is 23.3 Å². The molecule has 3 rings (SSSR count). The van der Waals surface area contributed by atoms with Gasteiger partial charge in [-0.05, 0) is 42.5 Å². The first-order valence-electron chi connectivity index (χ1n) is 10.4. The number of nitro benzene ring substituents is 1. The van der Waals surface area contributed by atoms with Crippen LogP contribution in [0.4, 0.5) is 11.4 Å². The van der Waals surface area contributed by atoms with E-state index in [0.717, 1.165) is 30.2 Å². The molecule has 1 aliphatic rings. The lowest BCUT2D eigenvalue weighted by atomic mass is 9.98. The fourth-order valence-electron chi connectivity index (χ4n) is 3.70. The van der Waals surface area contributed by atoms with E-state index in [4.69, 9.17) is 0 Å². The van der Waals surface area contributed by atoms with Crippen LogP contribution in [0.2, 0.25) is 0 Å². The van der Waals surface area contributed by atoms with Crippen LogP contribution in [-0.2, 0) is 16.6 Å². The molecule has 1 aliphatic heterocycles. The summed E-state index contributed by atoms with van der Waals surface area (Å²) < 4.78 is 26.2. The third-order valence-electron chi connectivity index (χ3n) is 5.73. The maximum Gasteiger partial charge on any atom is 0.293 e. The lowest BCUT2D eigenvalue weighted by Crippen LogP contribution is -2.33. The first-order valence-corrected chi connectivity index (χ1v) is 11.9. The molecule has 0 bridgehead atoms. The summed E-state index contributed by atoms with van der Waals surface area (Å²) in [6.45, 7) is 3.62. The Balaban J connectivity index is 1.80. The molecule has 0 unspecified atom stereocenters. The second-order valence-electron chi connectivity index (χ2n) is 8.21. The Labute approximate surface area is 188 Å². The molecule has 1 N–H and O–H groups in total. The van der Waals surface area contributed by atoms with Gasteiger partial charge in [-0.3, -0.25) is 14.9 Å². The number of sulfonamides is 1. The number of amides is 1. The van der Waals surface area contributed by atoms with E-state index in [1.165, 1.54) is 26.2 Å². The number of hydrogen-bond acceptors (Lipinski definition) is 6. The number of nitro groups is 1. The Morgan fingerprint density at radius 2 is 1.84 bits per heavy atom. The van der Waals surface area contributed by atoms with E-state index in [1.807, 2.05) is 4.90 Å². The van der Waals surface area contributed by atoms with Gasteiger partial charge in [0.15, 0.2) is 0 Å². The fourth-order valence-corrected chi connectivity index (χ4v) is 4.82. The number of anilines is 1. The number of rotatable bonds is 7. The van der Waals surface area contributed by atoms with Gasteiger partial charge in [0.05, 0.1) is 9.82 Å². The number of piperidine rings is 1. The van der Waals surface area contributed by atoms with E-state index in [2.05, 4.69) is 12.2 Å². The van der Waals surface area contributed by atoms with Gasteiger partial charge in [0.25, 0.3) is 11.6 Å². The van der Waals surface area contributed by atoms with E-state index in [0.29, 0.717) is 17.2 Å². The molecule has 1 fully saturated rings. The van der Waals surface area contributed by atoms with E-state index < -0.39 is 20.9 Å². The van der Waals surface area contributed by atoms with Gasteiger partial charge in [-0.15, -0.1) is 0 Å². The third-order valence-corrected chi connectivity index (χ3v) is 7.64. The van der Waals surface area contributed by atoms with Crippen LogP contribution >= 0.6 is 0 Å². The molecular formula is C22H28N4O5S. The minimum atomic E-state index is -3.67. The molecule has 2 aromatic rings. The van der Waals surface area contributed by atoms with Crippen molar-refractivity contribution in [2.45, 2.75) is 31.2 Å². The first-order chi connectivity index (χ1) is 15.1.